The molecule has 1 N–H and O–H groups in total. The second kappa shape index (κ2) is 32.3. The van der Waals surface area contributed by atoms with Crippen molar-refractivity contribution in [2.45, 2.75) is 257 Å². The van der Waals surface area contributed by atoms with Gasteiger partial charge in [-0.25, -0.2) is 0 Å². The van der Waals surface area contributed by atoms with Crippen LogP contribution in [0.2, 0.25) is 0 Å². The molecule has 1 aromatic heterocycles. The molecule has 0 spiro atoms. The summed E-state index contributed by atoms with van der Waals surface area (Å²) in [5.74, 6) is 3.43. The predicted molar refractivity (Wildman–Crippen MR) is 285 cm³/mol. The van der Waals surface area contributed by atoms with Gasteiger partial charge in [0.15, 0.2) is 0 Å². The van der Waals surface area contributed by atoms with Gasteiger partial charge < -0.3 is 19.4 Å². The lowest BCUT2D eigenvalue weighted by atomic mass is 9.74. The quantitative estimate of drug-likeness (QED) is 0.281. The highest BCUT2D eigenvalue weighted by molar-refractivity contribution is 7.99. The Bertz CT molecular complexity index is 1080. The Morgan fingerprint density at radius 2 is 0.921 bits per heavy atom. The molecule has 4 nitrogen and oxygen atoms in total. The van der Waals surface area contributed by atoms with Crippen LogP contribution < -0.4 is 5.32 Å². The summed E-state index contributed by atoms with van der Waals surface area (Å²) in [6, 6.07) is 2.02. The van der Waals surface area contributed by atoms with E-state index >= 15 is 0 Å². The number of hydrogen-bond donors (Lipinski definition) is 1. The molecule has 1 unspecified atom stereocenters. The monoisotopic (exact) mass is 903 g/mol. The maximum Gasteiger partial charge on any atom is 0.0937 e. The van der Waals surface area contributed by atoms with Crippen LogP contribution in [0.25, 0.3) is 0 Å². The number of nitrogens with zero attached hydrogens (tertiary/aromatic N) is 1. The number of piperidine rings is 2. The average Bonchev–Trinajstić information content (AvgIpc) is 4.03. The van der Waals surface area contributed by atoms with Crippen molar-refractivity contribution in [3.05, 3.63) is 24.2 Å². The largest absolute Gasteiger partial charge is 0.472 e. The van der Waals surface area contributed by atoms with Gasteiger partial charge in [-0.05, 0) is 178 Å². The fourth-order valence-corrected chi connectivity index (χ4v) is 10.9. The number of rotatable bonds is 8. The number of thioether (sulfide) groups is 1. The molecule has 374 valence electrons. The predicted octanol–water partition coefficient (Wildman–Crippen LogP) is 18.2. The van der Waals surface area contributed by atoms with E-state index in [2.05, 4.69) is 126 Å². The summed E-state index contributed by atoms with van der Waals surface area (Å²) in [6.07, 6.45) is 37.0. The van der Waals surface area contributed by atoms with Crippen LogP contribution in [0.4, 0.5) is 0 Å². The Labute approximate surface area is 400 Å². The first kappa shape index (κ1) is 60.5. The lowest BCUT2D eigenvalue weighted by molar-refractivity contribution is 0.0221. The second-order valence-corrected chi connectivity index (χ2v) is 24.6. The van der Waals surface area contributed by atoms with Crippen molar-refractivity contribution in [2.24, 2.45) is 32.5 Å². The molecule has 0 aromatic carbocycles. The van der Waals surface area contributed by atoms with E-state index in [9.17, 15) is 0 Å². The molecule has 0 bridgehead atoms. The van der Waals surface area contributed by atoms with Gasteiger partial charge in [-0.1, -0.05) is 168 Å². The van der Waals surface area contributed by atoms with E-state index in [4.69, 9.17) is 9.15 Å². The summed E-state index contributed by atoms with van der Waals surface area (Å²) in [5, 5.41) is 3.37. The fourth-order valence-electron chi connectivity index (χ4n) is 9.46. The molecule has 5 heteroatoms. The highest BCUT2D eigenvalue weighted by atomic mass is 32.2. The summed E-state index contributed by atoms with van der Waals surface area (Å²) >= 11 is 2.11. The zero-order chi connectivity index (χ0) is 47.3. The number of furan rings is 1. The van der Waals surface area contributed by atoms with Crippen molar-refractivity contribution >= 4 is 11.8 Å². The fraction of sp³-hybridized carbons (Fsp3) is 0.931. The van der Waals surface area contributed by atoms with Crippen LogP contribution in [0.5, 0.6) is 0 Å². The summed E-state index contributed by atoms with van der Waals surface area (Å²) in [6.45, 7) is 39.7. The first-order valence-corrected chi connectivity index (χ1v) is 28.6. The molecular formula is C58H114N2O2S. The Kier molecular flexibility index (Phi) is 31.0. The van der Waals surface area contributed by atoms with Crippen LogP contribution >= 0.6 is 11.8 Å². The summed E-state index contributed by atoms with van der Waals surface area (Å²) < 4.78 is 10.2. The molecular weight excluding hydrogens is 789 g/mol. The summed E-state index contributed by atoms with van der Waals surface area (Å²) in [4.78, 5) is 2.43. The third-order valence-corrected chi connectivity index (χ3v) is 19.1. The SMILES string of the molecule is CCC(C)c1ccoc1.CCC1(C)CCCC1.CCC1(C)CCCCC1.CCC1(C)CCN(C)CC1.CCC1(C)CCNCC1.CCC1(C)CCOCC1.CCC1(C)CCSCC1. The lowest BCUT2D eigenvalue weighted by Crippen LogP contribution is -2.35. The van der Waals surface area contributed by atoms with Crippen molar-refractivity contribution in [1.82, 2.24) is 10.2 Å². The lowest BCUT2D eigenvalue weighted by Gasteiger charge is -2.37. The van der Waals surface area contributed by atoms with Crippen LogP contribution in [0.1, 0.15) is 263 Å². The molecule has 2 aliphatic carbocycles. The van der Waals surface area contributed by atoms with Gasteiger partial charge in [-0.3, -0.25) is 0 Å². The maximum atomic E-state index is 5.27. The average molecular weight is 904 g/mol. The van der Waals surface area contributed by atoms with Crippen molar-refractivity contribution in [1.29, 1.82) is 0 Å². The minimum atomic E-state index is 0.595. The minimum Gasteiger partial charge on any atom is -0.472 e. The molecule has 0 amide bonds. The van der Waals surface area contributed by atoms with Gasteiger partial charge in [0.2, 0.25) is 0 Å². The summed E-state index contributed by atoms with van der Waals surface area (Å²) in [5.41, 5.74) is 5.37. The van der Waals surface area contributed by atoms with Crippen LogP contribution in [0.3, 0.4) is 0 Å². The van der Waals surface area contributed by atoms with Gasteiger partial charge in [-0.2, -0.15) is 11.8 Å². The minimum absolute atomic E-state index is 0.595. The number of nitrogens with one attached hydrogen (secondary N) is 1. The molecule has 5 heterocycles. The van der Waals surface area contributed by atoms with Crippen LogP contribution in [-0.4, -0.2) is 62.8 Å². The van der Waals surface area contributed by atoms with E-state index in [1.165, 1.54) is 197 Å². The molecule has 1 aromatic rings. The molecule has 0 radical (unpaired) electrons. The Balaban J connectivity index is 0.000000368. The highest BCUT2D eigenvalue weighted by Crippen LogP contribution is 2.41. The van der Waals surface area contributed by atoms with Crippen molar-refractivity contribution < 1.29 is 9.15 Å². The van der Waals surface area contributed by atoms with Crippen LogP contribution in [-0.2, 0) is 4.74 Å². The van der Waals surface area contributed by atoms with Gasteiger partial charge in [0.05, 0.1) is 12.5 Å². The van der Waals surface area contributed by atoms with Gasteiger partial charge in [0.1, 0.15) is 0 Å². The van der Waals surface area contributed by atoms with Crippen LogP contribution in [0, 0.1) is 32.5 Å². The Morgan fingerprint density at radius 1 is 0.540 bits per heavy atom. The van der Waals surface area contributed by atoms with Crippen molar-refractivity contribution in [2.75, 3.05) is 57.9 Å². The first-order chi connectivity index (χ1) is 29.8. The molecule has 4 aliphatic heterocycles. The normalized spacial score (nSPS) is 24.4. The van der Waals surface area contributed by atoms with Gasteiger partial charge in [0, 0.05) is 13.2 Å². The second-order valence-electron chi connectivity index (χ2n) is 23.4. The van der Waals surface area contributed by atoms with Crippen molar-refractivity contribution in [3.8, 4) is 0 Å². The molecule has 7 rings (SSSR count). The standard InChI is InChI=1S/C9H19N.C9H18.C8H17N.C8H16O.C8H12O.C8H16S.C8H16/c1-4-9(2)5-7-10(3)8-6-9;1-3-9(2)7-5-4-6-8-9;2*1-3-8(2)4-6-9-7-5-8;1-3-7(2)8-4-5-9-6-8;1-3-8(2)4-6-9-7-5-8;1-3-8(2)6-4-5-7-8/h4-8H2,1-3H3;3-8H2,1-2H3;9H,3-7H2,1-2H3;3-7H2,1-2H3;4-7H,3H2,1-2H3;3-7H2,1-2H3;3-7H2,1-2H3. The van der Waals surface area contributed by atoms with Crippen molar-refractivity contribution in [3.63, 3.8) is 0 Å². The third kappa shape index (κ3) is 26.0. The van der Waals surface area contributed by atoms with E-state index in [0.717, 1.165) is 24.0 Å². The number of likely N-dealkylation sites (tertiary alicyclic amines) is 1. The van der Waals surface area contributed by atoms with Gasteiger partial charge in [-0.15, -0.1) is 0 Å². The van der Waals surface area contributed by atoms with E-state index < -0.39 is 0 Å². The molecule has 6 fully saturated rings. The molecule has 1 atom stereocenters. The molecule has 2 saturated carbocycles. The Hall–Kier alpha value is -0.490. The van der Waals surface area contributed by atoms with E-state index in [1.54, 1.807) is 6.26 Å². The zero-order valence-corrected chi connectivity index (χ0v) is 46.4. The number of hydrogen-bond acceptors (Lipinski definition) is 5. The highest BCUT2D eigenvalue weighted by Gasteiger charge is 2.28. The van der Waals surface area contributed by atoms with E-state index in [0.29, 0.717) is 27.6 Å². The van der Waals surface area contributed by atoms with Crippen LogP contribution in [0.15, 0.2) is 23.0 Å². The zero-order valence-electron chi connectivity index (χ0n) is 45.6. The first-order valence-electron chi connectivity index (χ1n) is 27.4. The molecule has 6 aliphatic rings. The number of ether oxygens (including phenoxy) is 1. The smallest absolute Gasteiger partial charge is 0.0937 e. The van der Waals surface area contributed by atoms with E-state index in [1.807, 2.05) is 12.3 Å². The summed E-state index contributed by atoms with van der Waals surface area (Å²) in [7, 11) is 2.22. The van der Waals surface area contributed by atoms with Gasteiger partial charge >= 0.3 is 0 Å². The topological polar surface area (TPSA) is 37.6 Å². The molecule has 63 heavy (non-hydrogen) atoms. The third-order valence-electron chi connectivity index (χ3n) is 18.1. The maximum absolute atomic E-state index is 5.27. The Morgan fingerprint density at radius 3 is 1.25 bits per heavy atom. The van der Waals surface area contributed by atoms with E-state index in [-0.39, 0.29) is 0 Å². The van der Waals surface area contributed by atoms with Gasteiger partial charge in [0.25, 0.3) is 0 Å². The molecule has 4 saturated heterocycles.